The van der Waals surface area contributed by atoms with Crippen molar-refractivity contribution in [3.05, 3.63) is 29.0 Å². The van der Waals surface area contributed by atoms with E-state index in [9.17, 15) is 0 Å². The number of likely N-dealkylation sites (N-methyl/N-ethyl adjacent to an activating group) is 1. The molecule has 0 spiro atoms. The lowest BCUT2D eigenvalue weighted by Crippen LogP contribution is -2.21. The molecule has 3 heteroatoms. The highest BCUT2D eigenvalue weighted by atomic mass is 16.5. The molecule has 3 heterocycles. The van der Waals surface area contributed by atoms with Gasteiger partial charge in [0.25, 0.3) is 0 Å². The molecular formula is C16H20N2O. The molecule has 0 amide bonds. The Labute approximate surface area is 113 Å². The van der Waals surface area contributed by atoms with E-state index in [1.165, 1.54) is 27.7 Å². The van der Waals surface area contributed by atoms with E-state index in [1.54, 1.807) is 0 Å². The largest absolute Gasteiger partial charge is 0.493 e. The predicted octanol–water partition coefficient (Wildman–Crippen LogP) is 2.52. The molecule has 2 aliphatic rings. The van der Waals surface area contributed by atoms with E-state index in [1.807, 2.05) is 0 Å². The van der Waals surface area contributed by atoms with Gasteiger partial charge in [0.15, 0.2) is 0 Å². The van der Waals surface area contributed by atoms with E-state index in [0.717, 1.165) is 51.1 Å². The molecule has 0 radical (unpaired) electrons. The molecule has 0 saturated heterocycles. The van der Waals surface area contributed by atoms with Crippen molar-refractivity contribution < 1.29 is 4.74 Å². The van der Waals surface area contributed by atoms with Crippen LogP contribution in [0.3, 0.4) is 0 Å². The molecule has 19 heavy (non-hydrogen) atoms. The number of nitrogens with one attached hydrogen (secondary N) is 1. The first kappa shape index (κ1) is 11.4. The van der Waals surface area contributed by atoms with Crippen LogP contribution in [0.5, 0.6) is 5.75 Å². The van der Waals surface area contributed by atoms with Gasteiger partial charge in [-0.2, -0.15) is 0 Å². The summed E-state index contributed by atoms with van der Waals surface area (Å²) >= 11 is 0. The number of H-pyrrole nitrogens is 1. The highest BCUT2D eigenvalue weighted by Gasteiger charge is 2.21. The van der Waals surface area contributed by atoms with Crippen LogP contribution in [-0.2, 0) is 19.3 Å². The highest BCUT2D eigenvalue weighted by molar-refractivity contribution is 5.89. The highest BCUT2D eigenvalue weighted by Crippen LogP contribution is 2.35. The van der Waals surface area contributed by atoms with Crippen LogP contribution in [0.15, 0.2) is 12.1 Å². The monoisotopic (exact) mass is 256 g/mol. The van der Waals surface area contributed by atoms with Gasteiger partial charge in [-0.1, -0.05) is 0 Å². The molecule has 2 aliphatic heterocycles. The van der Waals surface area contributed by atoms with E-state index < -0.39 is 0 Å². The standard InChI is InChI=1S/C16H20N2O/c1-18-8-6-11-12-4-5-15-13(3-2-10-19-15)16(12)17-14(11)7-9-18/h4-5,17H,2-3,6-10H2,1H3. The third-order valence-corrected chi connectivity index (χ3v) is 4.55. The Kier molecular flexibility index (Phi) is 2.55. The fourth-order valence-electron chi connectivity index (χ4n) is 3.44. The van der Waals surface area contributed by atoms with Crippen LogP contribution in [-0.4, -0.2) is 36.6 Å². The van der Waals surface area contributed by atoms with Gasteiger partial charge in [0.05, 0.1) is 12.1 Å². The van der Waals surface area contributed by atoms with Crippen molar-refractivity contribution in [2.24, 2.45) is 0 Å². The summed E-state index contributed by atoms with van der Waals surface area (Å²) in [6, 6.07) is 4.42. The normalized spacial score (nSPS) is 19.6. The van der Waals surface area contributed by atoms with Gasteiger partial charge in [0.1, 0.15) is 5.75 Å². The maximum Gasteiger partial charge on any atom is 0.124 e. The van der Waals surface area contributed by atoms with Gasteiger partial charge in [-0.25, -0.2) is 0 Å². The summed E-state index contributed by atoms with van der Waals surface area (Å²) in [5.74, 6) is 1.09. The number of benzene rings is 1. The second-order valence-corrected chi connectivity index (χ2v) is 5.80. The van der Waals surface area contributed by atoms with Crippen LogP contribution >= 0.6 is 0 Å². The Bertz CT molecular complexity index is 629. The number of fused-ring (bicyclic) bond motifs is 5. The molecule has 0 unspecified atom stereocenters. The van der Waals surface area contributed by atoms with Gasteiger partial charge in [-0.05, 0) is 44.0 Å². The van der Waals surface area contributed by atoms with Crippen LogP contribution in [0, 0.1) is 0 Å². The molecule has 0 saturated carbocycles. The summed E-state index contributed by atoms with van der Waals surface area (Å²) in [6.45, 7) is 3.18. The Hall–Kier alpha value is -1.48. The molecule has 2 aromatic rings. The molecule has 0 fully saturated rings. The zero-order chi connectivity index (χ0) is 12.8. The topological polar surface area (TPSA) is 28.3 Å². The van der Waals surface area contributed by atoms with Crippen molar-refractivity contribution >= 4 is 10.9 Å². The first-order valence-corrected chi connectivity index (χ1v) is 7.29. The smallest absolute Gasteiger partial charge is 0.124 e. The van der Waals surface area contributed by atoms with Gasteiger partial charge in [-0.3, -0.25) is 0 Å². The number of hydrogen-bond donors (Lipinski definition) is 1. The molecule has 4 rings (SSSR count). The van der Waals surface area contributed by atoms with Gasteiger partial charge in [0, 0.05) is 36.2 Å². The Morgan fingerprint density at radius 2 is 2.00 bits per heavy atom. The van der Waals surface area contributed by atoms with Crippen LogP contribution in [0.25, 0.3) is 10.9 Å². The van der Waals surface area contributed by atoms with Crippen LogP contribution in [0.2, 0.25) is 0 Å². The van der Waals surface area contributed by atoms with Crippen molar-refractivity contribution in [2.75, 3.05) is 26.7 Å². The average molecular weight is 256 g/mol. The van der Waals surface area contributed by atoms with Crippen LogP contribution < -0.4 is 4.74 Å². The van der Waals surface area contributed by atoms with Crippen molar-refractivity contribution in [1.29, 1.82) is 0 Å². The lowest BCUT2D eigenvalue weighted by atomic mass is 10.0. The van der Waals surface area contributed by atoms with Crippen LogP contribution in [0.1, 0.15) is 23.2 Å². The second kappa shape index (κ2) is 4.27. The SMILES string of the molecule is CN1CCc2[nH]c3c4c(ccc3c2CC1)OCCC4. The Morgan fingerprint density at radius 3 is 2.95 bits per heavy atom. The van der Waals surface area contributed by atoms with E-state index in [2.05, 4.69) is 29.1 Å². The molecule has 3 nitrogen and oxygen atoms in total. The first-order valence-electron chi connectivity index (χ1n) is 7.29. The number of aromatic nitrogens is 1. The fraction of sp³-hybridized carbons (Fsp3) is 0.500. The number of aromatic amines is 1. The maximum atomic E-state index is 5.78. The zero-order valence-electron chi connectivity index (χ0n) is 11.5. The fourth-order valence-corrected chi connectivity index (χ4v) is 3.44. The molecule has 100 valence electrons. The Morgan fingerprint density at radius 1 is 1.11 bits per heavy atom. The maximum absolute atomic E-state index is 5.78. The summed E-state index contributed by atoms with van der Waals surface area (Å²) in [7, 11) is 2.21. The van der Waals surface area contributed by atoms with Crippen molar-refractivity contribution in [2.45, 2.75) is 25.7 Å². The molecule has 0 bridgehead atoms. The zero-order valence-corrected chi connectivity index (χ0v) is 11.5. The van der Waals surface area contributed by atoms with Gasteiger partial charge in [-0.15, -0.1) is 0 Å². The summed E-state index contributed by atoms with van der Waals surface area (Å²) < 4.78 is 5.78. The minimum absolute atomic E-state index is 0.865. The molecule has 1 aromatic carbocycles. The third kappa shape index (κ3) is 1.76. The quantitative estimate of drug-likeness (QED) is 0.784. The van der Waals surface area contributed by atoms with Crippen molar-refractivity contribution in [3.8, 4) is 5.75 Å². The lowest BCUT2D eigenvalue weighted by molar-refractivity contribution is 0.289. The van der Waals surface area contributed by atoms with E-state index in [4.69, 9.17) is 4.74 Å². The van der Waals surface area contributed by atoms with Crippen LogP contribution in [0.4, 0.5) is 0 Å². The van der Waals surface area contributed by atoms with Crippen molar-refractivity contribution in [3.63, 3.8) is 0 Å². The van der Waals surface area contributed by atoms with Gasteiger partial charge >= 0.3 is 0 Å². The number of ether oxygens (including phenoxy) is 1. The molecular weight excluding hydrogens is 236 g/mol. The summed E-state index contributed by atoms with van der Waals surface area (Å²) in [5, 5.41) is 1.43. The molecule has 0 atom stereocenters. The summed E-state index contributed by atoms with van der Waals surface area (Å²) in [6.07, 6.45) is 4.58. The number of hydrogen-bond acceptors (Lipinski definition) is 2. The first-order chi connectivity index (χ1) is 9.33. The lowest BCUT2D eigenvalue weighted by Gasteiger charge is -2.18. The third-order valence-electron chi connectivity index (χ3n) is 4.55. The number of aryl methyl sites for hydroxylation is 1. The Balaban J connectivity index is 1.89. The van der Waals surface area contributed by atoms with Crippen molar-refractivity contribution in [1.82, 2.24) is 9.88 Å². The minimum Gasteiger partial charge on any atom is -0.493 e. The van der Waals surface area contributed by atoms with Gasteiger partial charge < -0.3 is 14.6 Å². The van der Waals surface area contributed by atoms with E-state index in [-0.39, 0.29) is 0 Å². The minimum atomic E-state index is 0.865. The summed E-state index contributed by atoms with van der Waals surface area (Å²) in [5.41, 5.74) is 5.71. The number of nitrogens with zero attached hydrogens (tertiary/aromatic N) is 1. The number of rotatable bonds is 0. The predicted molar refractivity (Wildman–Crippen MR) is 77.0 cm³/mol. The van der Waals surface area contributed by atoms with Gasteiger partial charge in [0.2, 0.25) is 0 Å². The summed E-state index contributed by atoms with van der Waals surface area (Å²) in [4.78, 5) is 6.12. The molecule has 1 N–H and O–H groups in total. The average Bonchev–Trinajstić information content (AvgIpc) is 2.71. The van der Waals surface area contributed by atoms with E-state index >= 15 is 0 Å². The molecule has 1 aromatic heterocycles. The molecule has 0 aliphatic carbocycles. The van der Waals surface area contributed by atoms with E-state index in [0.29, 0.717) is 0 Å². The second-order valence-electron chi connectivity index (χ2n) is 5.80.